The lowest BCUT2D eigenvalue weighted by molar-refractivity contribution is 0.734. The van der Waals surface area contributed by atoms with Crippen LogP contribution >= 0.6 is 11.3 Å². The van der Waals surface area contributed by atoms with Gasteiger partial charge >= 0.3 is 0 Å². The fraction of sp³-hybridized carbons (Fsp3) is 0.375. The molecule has 0 aliphatic carbocycles. The molecule has 1 nitrogen and oxygen atoms in total. The molecule has 0 saturated carbocycles. The first-order valence-electron chi connectivity index (χ1n) is 6.57. The van der Waals surface area contributed by atoms with Gasteiger partial charge in [0.15, 0.2) is 0 Å². The Kier molecular flexibility index (Phi) is 4.56. The van der Waals surface area contributed by atoms with Crippen LogP contribution in [0.4, 0.5) is 0 Å². The summed E-state index contributed by atoms with van der Waals surface area (Å²) in [6, 6.07) is 11.3. The minimum Gasteiger partial charge on any atom is -0.316 e. The fourth-order valence-electron chi connectivity index (χ4n) is 2.04. The molecule has 1 unspecified atom stereocenters. The Morgan fingerprint density at radius 3 is 2.56 bits per heavy atom. The van der Waals surface area contributed by atoms with Crippen LogP contribution in [-0.2, 0) is 6.54 Å². The van der Waals surface area contributed by atoms with Gasteiger partial charge in [-0.15, -0.1) is 11.3 Å². The van der Waals surface area contributed by atoms with Gasteiger partial charge in [-0.25, -0.2) is 0 Å². The highest BCUT2D eigenvalue weighted by Crippen LogP contribution is 2.29. The third kappa shape index (κ3) is 3.01. The summed E-state index contributed by atoms with van der Waals surface area (Å²) in [5, 5.41) is 5.42. The summed E-state index contributed by atoms with van der Waals surface area (Å²) < 4.78 is 0. The molecule has 1 atom stereocenters. The van der Waals surface area contributed by atoms with Crippen molar-refractivity contribution < 1.29 is 0 Å². The predicted molar refractivity (Wildman–Crippen MR) is 81.2 cm³/mol. The van der Waals surface area contributed by atoms with Gasteiger partial charge in [0.2, 0.25) is 0 Å². The van der Waals surface area contributed by atoms with Crippen molar-refractivity contribution >= 4 is 11.3 Å². The van der Waals surface area contributed by atoms with Crippen molar-refractivity contribution in [2.24, 2.45) is 0 Å². The third-order valence-electron chi connectivity index (χ3n) is 3.41. The molecule has 96 valence electrons. The van der Waals surface area contributed by atoms with Crippen molar-refractivity contribution in [3.63, 3.8) is 0 Å². The van der Waals surface area contributed by atoms with E-state index in [0.29, 0.717) is 5.92 Å². The van der Waals surface area contributed by atoms with Crippen molar-refractivity contribution in [3.8, 4) is 10.4 Å². The molecule has 2 rings (SSSR count). The number of nitrogens with one attached hydrogen (secondary N) is 1. The van der Waals surface area contributed by atoms with E-state index in [-0.39, 0.29) is 0 Å². The van der Waals surface area contributed by atoms with Crippen LogP contribution in [0.1, 0.15) is 37.3 Å². The molecule has 0 spiro atoms. The van der Waals surface area contributed by atoms with E-state index < -0.39 is 0 Å². The first-order chi connectivity index (χ1) is 8.74. The van der Waals surface area contributed by atoms with Crippen LogP contribution in [0.25, 0.3) is 10.4 Å². The average molecular weight is 259 g/mol. The highest BCUT2D eigenvalue weighted by Gasteiger charge is 2.05. The maximum absolute atomic E-state index is 3.19. The van der Waals surface area contributed by atoms with E-state index >= 15 is 0 Å². The molecule has 0 fully saturated rings. The quantitative estimate of drug-likeness (QED) is 0.824. The molecule has 0 radical (unpaired) electrons. The second kappa shape index (κ2) is 6.17. The van der Waals surface area contributed by atoms with Gasteiger partial charge in [-0.05, 0) is 47.5 Å². The van der Waals surface area contributed by atoms with E-state index in [9.17, 15) is 0 Å². The second-order valence-electron chi connectivity index (χ2n) is 4.78. The van der Waals surface area contributed by atoms with Crippen molar-refractivity contribution in [1.29, 1.82) is 0 Å². The van der Waals surface area contributed by atoms with Gasteiger partial charge in [0.1, 0.15) is 0 Å². The largest absolute Gasteiger partial charge is 0.316 e. The monoisotopic (exact) mass is 259 g/mol. The number of rotatable bonds is 5. The molecule has 0 bridgehead atoms. The maximum Gasteiger partial charge on any atom is 0.0346 e. The van der Waals surface area contributed by atoms with Gasteiger partial charge < -0.3 is 5.32 Å². The van der Waals surface area contributed by atoms with Crippen LogP contribution in [0.15, 0.2) is 35.7 Å². The summed E-state index contributed by atoms with van der Waals surface area (Å²) in [6.45, 7) is 5.47. The standard InChI is InChI=1S/C16H21NS/c1-4-12(2)14-5-7-15(8-6-14)16-9-13(10-17-3)11-18-16/h5-9,11-12,17H,4,10H2,1-3H3. The van der Waals surface area contributed by atoms with Crippen molar-refractivity contribution in [3.05, 3.63) is 46.8 Å². The van der Waals surface area contributed by atoms with Crippen LogP contribution in [0.5, 0.6) is 0 Å². The molecule has 0 aliphatic heterocycles. The van der Waals surface area contributed by atoms with Crippen LogP contribution in [-0.4, -0.2) is 7.05 Å². The highest BCUT2D eigenvalue weighted by molar-refractivity contribution is 7.13. The molecule has 1 aromatic heterocycles. The number of benzene rings is 1. The number of thiophene rings is 1. The lowest BCUT2D eigenvalue weighted by Crippen LogP contribution is -2.03. The summed E-state index contributed by atoms with van der Waals surface area (Å²) in [6.07, 6.45) is 1.20. The molecule has 0 saturated heterocycles. The molecular weight excluding hydrogens is 238 g/mol. The zero-order chi connectivity index (χ0) is 13.0. The first kappa shape index (κ1) is 13.3. The summed E-state index contributed by atoms with van der Waals surface area (Å²) in [5.41, 5.74) is 4.13. The Morgan fingerprint density at radius 1 is 1.22 bits per heavy atom. The van der Waals surface area contributed by atoms with E-state index in [1.165, 1.54) is 28.0 Å². The summed E-state index contributed by atoms with van der Waals surface area (Å²) in [7, 11) is 1.98. The Bertz CT molecular complexity index is 484. The lowest BCUT2D eigenvalue weighted by atomic mass is 9.97. The molecule has 2 heteroatoms. The Labute approximate surface area is 114 Å². The Hall–Kier alpha value is -1.12. The summed E-state index contributed by atoms with van der Waals surface area (Å²) >= 11 is 1.82. The van der Waals surface area contributed by atoms with E-state index in [4.69, 9.17) is 0 Å². The molecule has 2 aromatic rings. The van der Waals surface area contributed by atoms with Gasteiger partial charge in [0, 0.05) is 11.4 Å². The van der Waals surface area contributed by atoms with Crippen LogP contribution in [0, 0.1) is 0 Å². The normalized spacial score (nSPS) is 12.6. The second-order valence-corrected chi connectivity index (χ2v) is 5.69. The van der Waals surface area contributed by atoms with E-state index in [1.54, 1.807) is 0 Å². The molecule has 1 N–H and O–H groups in total. The molecule has 1 heterocycles. The summed E-state index contributed by atoms with van der Waals surface area (Å²) in [4.78, 5) is 1.36. The topological polar surface area (TPSA) is 12.0 Å². The molecule has 0 aliphatic rings. The lowest BCUT2D eigenvalue weighted by Gasteiger charge is -2.09. The van der Waals surface area contributed by atoms with Gasteiger partial charge in [-0.1, -0.05) is 38.1 Å². The van der Waals surface area contributed by atoms with E-state index in [0.717, 1.165) is 6.54 Å². The molecule has 18 heavy (non-hydrogen) atoms. The third-order valence-corrected chi connectivity index (χ3v) is 4.44. The Morgan fingerprint density at radius 2 is 1.94 bits per heavy atom. The van der Waals surface area contributed by atoms with Gasteiger partial charge in [-0.2, -0.15) is 0 Å². The molecular formula is C16H21NS. The minimum atomic E-state index is 0.655. The number of hydrogen-bond acceptors (Lipinski definition) is 2. The highest BCUT2D eigenvalue weighted by atomic mass is 32.1. The Balaban J connectivity index is 2.17. The first-order valence-corrected chi connectivity index (χ1v) is 7.45. The van der Waals surface area contributed by atoms with Crippen LogP contribution < -0.4 is 5.32 Å². The molecule has 0 amide bonds. The van der Waals surface area contributed by atoms with Crippen molar-refractivity contribution in [2.75, 3.05) is 7.05 Å². The van der Waals surface area contributed by atoms with Crippen molar-refractivity contribution in [1.82, 2.24) is 5.32 Å². The molecule has 1 aromatic carbocycles. The van der Waals surface area contributed by atoms with Gasteiger partial charge in [0.25, 0.3) is 0 Å². The van der Waals surface area contributed by atoms with Gasteiger partial charge in [0.05, 0.1) is 0 Å². The van der Waals surface area contributed by atoms with Crippen LogP contribution in [0.2, 0.25) is 0 Å². The SMILES string of the molecule is CCC(C)c1ccc(-c2cc(CNC)cs2)cc1. The average Bonchev–Trinajstić information content (AvgIpc) is 2.87. The fourth-order valence-corrected chi connectivity index (χ4v) is 2.96. The maximum atomic E-state index is 3.19. The van der Waals surface area contributed by atoms with Crippen molar-refractivity contribution in [2.45, 2.75) is 32.7 Å². The van der Waals surface area contributed by atoms with Gasteiger partial charge in [-0.3, -0.25) is 0 Å². The van der Waals surface area contributed by atoms with E-state index in [2.05, 4.69) is 54.9 Å². The van der Waals surface area contributed by atoms with E-state index in [1.807, 2.05) is 18.4 Å². The number of hydrogen-bond donors (Lipinski definition) is 1. The minimum absolute atomic E-state index is 0.655. The smallest absolute Gasteiger partial charge is 0.0346 e. The predicted octanol–water partition coefficient (Wildman–Crippen LogP) is 4.65. The zero-order valence-electron chi connectivity index (χ0n) is 11.4. The van der Waals surface area contributed by atoms with Crippen LogP contribution in [0.3, 0.4) is 0 Å². The zero-order valence-corrected chi connectivity index (χ0v) is 12.2. The summed E-state index contributed by atoms with van der Waals surface area (Å²) in [5.74, 6) is 0.655.